The summed E-state index contributed by atoms with van der Waals surface area (Å²) < 4.78 is 5.27. The standard InChI is InChI=1S/C16H25NO2/c1-12-8-13(6-7-16(12)19-2)9-17-10-14-4-3-5-15(14)11-18/h6-8,14-15,17-18H,3-5,9-11H2,1-2H3. The van der Waals surface area contributed by atoms with Crippen LogP contribution in [0.3, 0.4) is 0 Å². The van der Waals surface area contributed by atoms with E-state index in [2.05, 4.69) is 24.4 Å². The number of aliphatic hydroxyl groups is 1. The Labute approximate surface area is 116 Å². The van der Waals surface area contributed by atoms with Gasteiger partial charge in [-0.15, -0.1) is 0 Å². The van der Waals surface area contributed by atoms with Crippen LogP contribution < -0.4 is 10.1 Å². The normalized spacial score (nSPS) is 22.7. The first-order valence-corrected chi connectivity index (χ1v) is 7.19. The molecule has 3 nitrogen and oxygen atoms in total. The van der Waals surface area contributed by atoms with Crippen LogP contribution in [-0.4, -0.2) is 25.4 Å². The zero-order chi connectivity index (χ0) is 13.7. The molecule has 0 bridgehead atoms. The van der Waals surface area contributed by atoms with Crippen molar-refractivity contribution in [3.05, 3.63) is 29.3 Å². The van der Waals surface area contributed by atoms with Gasteiger partial charge in [-0.1, -0.05) is 18.6 Å². The molecule has 1 fully saturated rings. The highest BCUT2D eigenvalue weighted by atomic mass is 16.5. The Balaban J connectivity index is 1.81. The minimum Gasteiger partial charge on any atom is -0.496 e. The van der Waals surface area contributed by atoms with Crippen LogP contribution in [0.25, 0.3) is 0 Å². The van der Waals surface area contributed by atoms with E-state index in [-0.39, 0.29) is 0 Å². The molecule has 0 saturated heterocycles. The van der Waals surface area contributed by atoms with E-state index in [9.17, 15) is 5.11 Å². The third-order valence-corrected chi connectivity index (χ3v) is 4.25. The monoisotopic (exact) mass is 263 g/mol. The van der Waals surface area contributed by atoms with Gasteiger partial charge in [0.15, 0.2) is 0 Å². The van der Waals surface area contributed by atoms with Crippen LogP contribution in [0.15, 0.2) is 18.2 Å². The van der Waals surface area contributed by atoms with Crippen molar-refractivity contribution in [2.45, 2.75) is 32.7 Å². The third kappa shape index (κ3) is 3.71. The van der Waals surface area contributed by atoms with E-state index in [1.165, 1.54) is 30.4 Å². The number of ether oxygens (including phenoxy) is 1. The molecular weight excluding hydrogens is 238 g/mol. The molecule has 2 N–H and O–H groups in total. The van der Waals surface area contributed by atoms with Crippen molar-refractivity contribution >= 4 is 0 Å². The Bertz CT molecular complexity index is 406. The molecule has 106 valence electrons. The number of aryl methyl sites for hydroxylation is 1. The quantitative estimate of drug-likeness (QED) is 0.828. The van der Waals surface area contributed by atoms with Gasteiger partial charge in [0.1, 0.15) is 5.75 Å². The molecule has 3 heteroatoms. The second-order valence-corrected chi connectivity index (χ2v) is 5.57. The van der Waals surface area contributed by atoms with Gasteiger partial charge in [-0.05, 0) is 55.3 Å². The Kier molecular flexibility index (Phi) is 5.23. The number of aliphatic hydroxyl groups excluding tert-OH is 1. The summed E-state index contributed by atoms with van der Waals surface area (Å²) in [6.45, 7) is 4.31. The number of nitrogens with one attached hydrogen (secondary N) is 1. The summed E-state index contributed by atoms with van der Waals surface area (Å²) >= 11 is 0. The maximum Gasteiger partial charge on any atom is 0.121 e. The van der Waals surface area contributed by atoms with Crippen molar-refractivity contribution in [2.75, 3.05) is 20.3 Å². The molecule has 0 amide bonds. The highest BCUT2D eigenvalue weighted by molar-refractivity contribution is 5.36. The number of hydrogen-bond donors (Lipinski definition) is 2. The molecule has 2 atom stereocenters. The van der Waals surface area contributed by atoms with Gasteiger partial charge >= 0.3 is 0 Å². The molecule has 19 heavy (non-hydrogen) atoms. The Morgan fingerprint density at radius 1 is 1.32 bits per heavy atom. The average molecular weight is 263 g/mol. The summed E-state index contributed by atoms with van der Waals surface area (Å²) in [6.07, 6.45) is 3.70. The minimum atomic E-state index is 0.341. The van der Waals surface area contributed by atoms with Crippen molar-refractivity contribution in [3.63, 3.8) is 0 Å². The molecule has 1 aliphatic rings. The van der Waals surface area contributed by atoms with Gasteiger partial charge in [-0.3, -0.25) is 0 Å². The van der Waals surface area contributed by atoms with E-state index in [4.69, 9.17) is 4.74 Å². The van der Waals surface area contributed by atoms with Gasteiger partial charge in [0, 0.05) is 13.2 Å². The molecule has 1 aromatic rings. The van der Waals surface area contributed by atoms with E-state index in [1.54, 1.807) is 7.11 Å². The molecule has 0 heterocycles. The lowest BCUT2D eigenvalue weighted by Crippen LogP contribution is -2.26. The van der Waals surface area contributed by atoms with Crippen LogP contribution >= 0.6 is 0 Å². The van der Waals surface area contributed by atoms with Crippen molar-refractivity contribution in [2.24, 2.45) is 11.8 Å². The lowest BCUT2D eigenvalue weighted by Gasteiger charge is -2.18. The van der Waals surface area contributed by atoms with Crippen molar-refractivity contribution in [3.8, 4) is 5.75 Å². The summed E-state index contributed by atoms with van der Waals surface area (Å²) in [6, 6.07) is 6.31. The summed E-state index contributed by atoms with van der Waals surface area (Å²) in [5, 5.41) is 12.8. The summed E-state index contributed by atoms with van der Waals surface area (Å²) in [5.74, 6) is 2.09. The summed E-state index contributed by atoms with van der Waals surface area (Å²) in [7, 11) is 1.70. The smallest absolute Gasteiger partial charge is 0.121 e. The first-order chi connectivity index (χ1) is 9.24. The number of rotatable bonds is 6. The minimum absolute atomic E-state index is 0.341. The maximum atomic E-state index is 9.31. The van der Waals surface area contributed by atoms with Crippen LogP contribution in [0.1, 0.15) is 30.4 Å². The van der Waals surface area contributed by atoms with Crippen molar-refractivity contribution in [1.29, 1.82) is 0 Å². The van der Waals surface area contributed by atoms with Crippen LogP contribution in [0.2, 0.25) is 0 Å². The molecule has 2 rings (SSSR count). The zero-order valence-corrected chi connectivity index (χ0v) is 12.0. The molecule has 2 unspecified atom stereocenters. The summed E-state index contributed by atoms with van der Waals surface area (Å²) in [4.78, 5) is 0. The highest BCUT2D eigenvalue weighted by Gasteiger charge is 2.25. The molecule has 1 aromatic carbocycles. The first kappa shape index (κ1) is 14.4. The molecule has 0 spiro atoms. The highest BCUT2D eigenvalue weighted by Crippen LogP contribution is 2.30. The fourth-order valence-electron chi connectivity index (χ4n) is 3.08. The Morgan fingerprint density at radius 3 is 2.79 bits per heavy atom. The fourth-order valence-corrected chi connectivity index (χ4v) is 3.08. The van der Waals surface area contributed by atoms with Crippen molar-refractivity contribution in [1.82, 2.24) is 5.32 Å². The van der Waals surface area contributed by atoms with Crippen LogP contribution in [0, 0.1) is 18.8 Å². The predicted octanol–water partition coefficient (Wildman–Crippen LogP) is 2.50. The van der Waals surface area contributed by atoms with Gasteiger partial charge in [0.05, 0.1) is 7.11 Å². The lowest BCUT2D eigenvalue weighted by atomic mass is 9.97. The Morgan fingerprint density at radius 2 is 2.11 bits per heavy atom. The number of benzene rings is 1. The molecule has 0 radical (unpaired) electrons. The van der Waals surface area contributed by atoms with Gasteiger partial charge < -0.3 is 15.2 Å². The SMILES string of the molecule is COc1ccc(CNCC2CCCC2CO)cc1C. The van der Waals surface area contributed by atoms with E-state index in [0.717, 1.165) is 18.8 Å². The van der Waals surface area contributed by atoms with Gasteiger partial charge in [-0.2, -0.15) is 0 Å². The van der Waals surface area contributed by atoms with E-state index >= 15 is 0 Å². The van der Waals surface area contributed by atoms with E-state index < -0.39 is 0 Å². The molecule has 1 saturated carbocycles. The first-order valence-electron chi connectivity index (χ1n) is 7.19. The maximum absolute atomic E-state index is 9.31. The second-order valence-electron chi connectivity index (χ2n) is 5.57. The number of hydrogen-bond acceptors (Lipinski definition) is 3. The fraction of sp³-hybridized carbons (Fsp3) is 0.625. The lowest BCUT2D eigenvalue weighted by molar-refractivity contribution is 0.192. The van der Waals surface area contributed by atoms with E-state index in [0.29, 0.717) is 18.4 Å². The predicted molar refractivity (Wildman–Crippen MR) is 77.4 cm³/mol. The third-order valence-electron chi connectivity index (χ3n) is 4.25. The topological polar surface area (TPSA) is 41.5 Å². The van der Waals surface area contributed by atoms with E-state index in [1.807, 2.05) is 6.07 Å². The molecule has 0 aromatic heterocycles. The second kappa shape index (κ2) is 6.92. The van der Waals surface area contributed by atoms with Crippen molar-refractivity contribution < 1.29 is 9.84 Å². The average Bonchev–Trinajstić information content (AvgIpc) is 2.86. The molecule has 1 aliphatic carbocycles. The van der Waals surface area contributed by atoms with Crippen LogP contribution in [0.5, 0.6) is 5.75 Å². The summed E-state index contributed by atoms with van der Waals surface area (Å²) in [5.41, 5.74) is 2.47. The zero-order valence-electron chi connectivity index (χ0n) is 12.0. The number of methoxy groups -OCH3 is 1. The van der Waals surface area contributed by atoms with Crippen LogP contribution in [-0.2, 0) is 6.54 Å². The largest absolute Gasteiger partial charge is 0.496 e. The Hall–Kier alpha value is -1.06. The van der Waals surface area contributed by atoms with Gasteiger partial charge in [-0.25, -0.2) is 0 Å². The molecular formula is C16H25NO2. The molecule has 0 aliphatic heterocycles. The van der Waals surface area contributed by atoms with Gasteiger partial charge in [0.25, 0.3) is 0 Å². The van der Waals surface area contributed by atoms with Gasteiger partial charge in [0.2, 0.25) is 0 Å². The van der Waals surface area contributed by atoms with Crippen LogP contribution in [0.4, 0.5) is 0 Å².